The van der Waals surface area contributed by atoms with E-state index in [1.54, 1.807) is 6.33 Å². The molecule has 1 aliphatic heterocycles. The number of carbonyl (C=O) groups excluding carboxylic acids is 1. The van der Waals surface area contributed by atoms with E-state index < -0.39 is 0 Å². The van der Waals surface area contributed by atoms with E-state index in [1.807, 2.05) is 30.5 Å². The molecule has 0 unspecified atom stereocenters. The zero-order chi connectivity index (χ0) is 18.3. The van der Waals surface area contributed by atoms with Crippen LogP contribution in [0, 0.1) is 20.8 Å². The van der Waals surface area contributed by atoms with Crippen LogP contribution in [0.25, 0.3) is 11.0 Å². The lowest BCUT2D eigenvalue weighted by atomic mass is 10.1. The summed E-state index contributed by atoms with van der Waals surface area (Å²) < 4.78 is 13.0. The molecular weight excluding hydrogens is 330 g/mol. The fourth-order valence-electron chi connectivity index (χ4n) is 3.43. The summed E-state index contributed by atoms with van der Waals surface area (Å²) in [6.07, 6.45) is 1.67. The number of hydrogen-bond donors (Lipinski definition) is 1. The van der Waals surface area contributed by atoms with Crippen LogP contribution in [0.5, 0.6) is 11.5 Å². The highest BCUT2D eigenvalue weighted by Gasteiger charge is 2.16. The molecule has 1 aromatic heterocycles. The maximum absolute atomic E-state index is 12.6. The molecule has 3 aromatic rings. The number of rotatable bonds is 3. The van der Waals surface area contributed by atoms with Crippen molar-refractivity contribution in [3.8, 4) is 11.5 Å². The van der Waals surface area contributed by atoms with Gasteiger partial charge in [0.15, 0.2) is 11.5 Å². The summed E-state index contributed by atoms with van der Waals surface area (Å²) in [5, 5.41) is 3.03. The Morgan fingerprint density at radius 2 is 1.73 bits per heavy atom. The van der Waals surface area contributed by atoms with E-state index in [0.29, 0.717) is 24.7 Å². The summed E-state index contributed by atoms with van der Waals surface area (Å²) in [6.45, 7) is 7.31. The molecule has 4 rings (SSSR count). The van der Waals surface area contributed by atoms with E-state index in [2.05, 4.69) is 29.4 Å². The molecule has 0 radical (unpaired) electrons. The van der Waals surface area contributed by atoms with Crippen molar-refractivity contribution in [2.75, 3.05) is 18.5 Å². The highest BCUT2D eigenvalue weighted by Crippen LogP contribution is 2.34. The number of nitrogens with one attached hydrogen (secondary N) is 1. The lowest BCUT2D eigenvalue weighted by Crippen LogP contribution is -2.19. The first-order chi connectivity index (χ1) is 12.5. The average molecular weight is 351 g/mol. The maximum atomic E-state index is 12.6. The lowest BCUT2D eigenvalue weighted by molar-refractivity contribution is -0.116. The number of nitrogens with zero attached hydrogens (tertiary/aromatic N) is 2. The van der Waals surface area contributed by atoms with Crippen LogP contribution >= 0.6 is 0 Å². The van der Waals surface area contributed by atoms with Crippen molar-refractivity contribution >= 4 is 22.6 Å². The van der Waals surface area contributed by atoms with Crippen LogP contribution < -0.4 is 14.8 Å². The Bertz CT molecular complexity index is 984. The standard InChI is InChI=1S/C20H21N3O3/c1-12-6-13(2)20(14(3)7-12)22-19(24)10-23-11-21-15-8-17-18(9-16(15)23)26-5-4-25-17/h6-9,11H,4-5,10H2,1-3H3,(H,22,24). The van der Waals surface area contributed by atoms with Crippen LogP contribution in [0.3, 0.4) is 0 Å². The normalized spacial score (nSPS) is 13.0. The summed E-state index contributed by atoms with van der Waals surface area (Å²) in [5.74, 6) is 1.30. The smallest absolute Gasteiger partial charge is 0.244 e. The average Bonchev–Trinajstić information content (AvgIpc) is 2.98. The molecule has 6 nitrogen and oxygen atoms in total. The second-order valence-electron chi connectivity index (χ2n) is 6.68. The number of benzene rings is 2. The fourth-order valence-corrected chi connectivity index (χ4v) is 3.43. The molecule has 0 fully saturated rings. The summed E-state index contributed by atoms with van der Waals surface area (Å²) in [6, 6.07) is 7.87. The Morgan fingerprint density at radius 3 is 2.42 bits per heavy atom. The number of ether oxygens (including phenoxy) is 2. The van der Waals surface area contributed by atoms with E-state index in [4.69, 9.17) is 9.47 Å². The molecule has 0 saturated carbocycles. The number of aromatic nitrogens is 2. The number of hydrogen-bond acceptors (Lipinski definition) is 4. The predicted molar refractivity (Wildman–Crippen MR) is 100 cm³/mol. The summed E-state index contributed by atoms with van der Waals surface area (Å²) in [7, 11) is 0. The summed E-state index contributed by atoms with van der Waals surface area (Å²) in [4.78, 5) is 17.0. The SMILES string of the molecule is Cc1cc(C)c(NC(=O)Cn2cnc3cc4c(cc32)OCCO4)c(C)c1. The minimum atomic E-state index is -0.0887. The van der Waals surface area contributed by atoms with E-state index in [-0.39, 0.29) is 12.5 Å². The topological polar surface area (TPSA) is 65.4 Å². The third-order valence-electron chi connectivity index (χ3n) is 4.54. The van der Waals surface area contributed by atoms with Gasteiger partial charge in [-0.1, -0.05) is 17.7 Å². The Morgan fingerprint density at radius 1 is 1.08 bits per heavy atom. The third-order valence-corrected chi connectivity index (χ3v) is 4.54. The Hall–Kier alpha value is -3.02. The molecule has 0 aliphatic carbocycles. The van der Waals surface area contributed by atoms with Crippen molar-refractivity contribution in [1.82, 2.24) is 9.55 Å². The third kappa shape index (κ3) is 2.98. The quantitative estimate of drug-likeness (QED) is 0.786. The van der Waals surface area contributed by atoms with Gasteiger partial charge in [-0.3, -0.25) is 4.79 Å². The minimum absolute atomic E-state index is 0.0887. The van der Waals surface area contributed by atoms with E-state index in [1.165, 1.54) is 5.56 Å². The summed E-state index contributed by atoms with van der Waals surface area (Å²) in [5.41, 5.74) is 5.81. The van der Waals surface area contributed by atoms with Gasteiger partial charge in [-0.25, -0.2) is 4.98 Å². The van der Waals surface area contributed by atoms with Crippen LogP contribution in [-0.4, -0.2) is 28.7 Å². The molecule has 0 bridgehead atoms. The number of aryl methyl sites for hydroxylation is 3. The first-order valence-corrected chi connectivity index (χ1v) is 8.63. The fraction of sp³-hybridized carbons (Fsp3) is 0.300. The summed E-state index contributed by atoms with van der Waals surface area (Å²) >= 11 is 0. The van der Waals surface area contributed by atoms with E-state index >= 15 is 0 Å². The van der Waals surface area contributed by atoms with Gasteiger partial charge in [0.1, 0.15) is 19.8 Å². The molecule has 0 atom stereocenters. The molecule has 2 heterocycles. The Kier molecular flexibility index (Phi) is 4.03. The molecule has 0 spiro atoms. The monoisotopic (exact) mass is 351 g/mol. The van der Waals surface area contributed by atoms with Crippen molar-refractivity contribution in [2.24, 2.45) is 0 Å². The van der Waals surface area contributed by atoms with Gasteiger partial charge < -0.3 is 19.4 Å². The number of fused-ring (bicyclic) bond motifs is 2. The van der Waals surface area contributed by atoms with Gasteiger partial charge in [0.2, 0.25) is 5.91 Å². The van der Waals surface area contributed by atoms with Gasteiger partial charge in [-0.05, 0) is 31.9 Å². The van der Waals surface area contributed by atoms with Gasteiger partial charge in [0.25, 0.3) is 0 Å². The van der Waals surface area contributed by atoms with Crippen molar-refractivity contribution in [2.45, 2.75) is 27.3 Å². The van der Waals surface area contributed by atoms with Crippen LogP contribution in [0.1, 0.15) is 16.7 Å². The molecule has 134 valence electrons. The first kappa shape index (κ1) is 16.4. The van der Waals surface area contributed by atoms with E-state index in [9.17, 15) is 4.79 Å². The van der Waals surface area contributed by atoms with Crippen LogP contribution in [-0.2, 0) is 11.3 Å². The molecule has 1 amide bonds. The second kappa shape index (κ2) is 6.37. The zero-order valence-electron chi connectivity index (χ0n) is 15.1. The number of amides is 1. The number of imidazole rings is 1. The molecule has 1 N–H and O–H groups in total. The van der Waals surface area contributed by atoms with Gasteiger partial charge in [-0.2, -0.15) is 0 Å². The van der Waals surface area contributed by atoms with Gasteiger partial charge in [-0.15, -0.1) is 0 Å². The lowest BCUT2D eigenvalue weighted by Gasteiger charge is -2.18. The Labute approximate surface area is 151 Å². The van der Waals surface area contributed by atoms with Crippen LogP contribution in [0.2, 0.25) is 0 Å². The zero-order valence-corrected chi connectivity index (χ0v) is 15.1. The first-order valence-electron chi connectivity index (χ1n) is 8.63. The molecular formula is C20H21N3O3. The van der Waals surface area contributed by atoms with E-state index in [0.717, 1.165) is 27.8 Å². The Balaban J connectivity index is 1.58. The maximum Gasteiger partial charge on any atom is 0.244 e. The largest absolute Gasteiger partial charge is 0.486 e. The molecule has 1 aliphatic rings. The van der Waals surface area contributed by atoms with Crippen molar-refractivity contribution in [3.05, 3.63) is 47.3 Å². The second-order valence-corrected chi connectivity index (χ2v) is 6.68. The van der Waals surface area contributed by atoms with Gasteiger partial charge in [0.05, 0.1) is 17.4 Å². The molecule has 2 aromatic carbocycles. The van der Waals surface area contributed by atoms with Gasteiger partial charge in [0, 0.05) is 17.8 Å². The van der Waals surface area contributed by atoms with Crippen molar-refractivity contribution < 1.29 is 14.3 Å². The predicted octanol–water partition coefficient (Wildman–Crippen LogP) is 3.37. The molecule has 0 saturated heterocycles. The molecule has 26 heavy (non-hydrogen) atoms. The highest BCUT2D eigenvalue weighted by atomic mass is 16.6. The molecule has 6 heteroatoms. The van der Waals surface area contributed by atoms with Crippen LogP contribution in [0.15, 0.2) is 30.6 Å². The highest BCUT2D eigenvalue weighted by molar-refractivity contribution is 5.93. The minimum Gasteiger partial charge on any atom is -0.486 e. The van der Waals surface area contributed by atoms with Crippen molar-refractivity contribution in [1.29, 1.82) is 0 Å². The van der Waals surface area contributed by atoms with Crippen molar-refractivity contribution in [3.63, 3.8) is 0 Å². The van der Waals surface area contributed by atoms with Gasteiger partial charge >= 0.3 is 0 Å². The number of anilines is 1. The number of carbonyl (C=O) groups is 1. The van der Waals surface area contributed by atoms with Crippen LogP contribution in [0.4, 0.5) is 5.69 Å².